The third kappa shape index (κ3) is 3.37. The summed E-state index contributed by atoms with van der Waals surface area (Å²) >= 11 is 0. The van der Waals surface area contributed by atoms with Gasteiger partial charge >= 0.3 is 0 Å². The number of hydrogen-bond donors (Lipinski definition) is 2. The minimum Gasteiger partial charge on any atom is -0.387 e. The number of nitrogens with one attached hydrogen (secondary N) is 2. The van der Waals surface area contributed by atoms with Gasteiger partial charge in [-0.15, -0.1) is 0 Å². The summed E-state index contributed by atoms with van der Waals surface area (Å²) in [6.07, 6.45) is 8.63. The molecule has 0 unspecified atom stereocenters. The second-order valence-electron chi connectivity index (χ2n) is 4.92. The summed E-state index contributed by atoms with van der Waals surface area (Å²) in [5, 5.41) is 6.85. The lowest BCUT2D eigenvalue weighted by molar-refractivity contribution is 0.417. The van der Waals surface area contributed by atoms with Crippen LogP contribution in [0.15, 0.2) is 35.2 Å². The molecule has 0 aromatic heterocycles. The molecule has 3 heteroatoms. The molecule has 2 rings (SSSR count). The van der Waals surface area contributed by atoms with Gasteiger partial charge in [-0.3, -0.25) is 4.90 Å². The lowest BCUT2D eigenvalue weighted by Crippen LogP contribution is -2.21. The first-order valence-electron chi connectivity index (χ1n) is 6.51. The van der Waals surface area contributed by atoms with E-state index in [2.05, 4.69) is 41.7 Å². The van der Waals surface area contributed by atoms with E-state index in [4.69, 9.17) is 0 Å². The van der Waals surface area contributed by atoms with Crippen LogP contribution in [0, 0.1) is 0 Å². The standard InChI is InChI=1S/C14H23N3/c1-3-6-16-14-11-17(2)10-13(14)8-12-5-4-7-15-9-12/h4-5,7,15-16H,3,6,8-11H2,1-2H3. The first kappa shape index (κ1) is 12.2. The van der Waals surface area contributed by atoms with Gasteiger partial charge < -0.3 is 10.6 Å². The Labute approximate surface area is 104 Å². The molecule has 2 aliphatic rings. The van der Waals surface area contributed by atoms with Crippen LogP contribution in [-0.4, -0.2) is 38.1 Å². The molecule has 0 bridgehead atoms. The van der Waals surface area contributed by atoms with Gasteiger partial charge in [0.05, 0.1) is 0 Å². The summed E-state index contributed by atoms with van der Waals surface area (Å²) in [6, 6.07) is 0. The zero-order chi connectivity index (χ0) is 12.1. The highest BCUT2D eigenvalue weighted by Gasteiger charge is 2.19. The topological polar surface area (TPSA) is 27.3 Å². The average molecular weight is 233 g/mol. The molecule has 0 spiro atoms. The van der Waals surface area contributed by atoms with E-state index in [1.165, 1.54) is 17.7 Å². The highest BCUT2D eigenvalue weighted by molar-refractivity contribution is 5.30. The monoisotopic (exact) mass is 233 g/mol. The zero-order valence-electron chi connectivity index (χ0n) is 10.9. The summed E-state index contributed by atoms with van der Waals surface area (Å²) in [5.41, 5.74) is 4.49. The summed E-state index contributed by atoms with van der Waals surface area (Å²) in [7, 11) is 2.19. The Morgan fingerprint density at radius 1 is 1.41 bits per heavy atom. The van der Waals surface area contributed by atoms with E-state index >= 15 is 0 Å². The summed E-state index contributed by atoms with van der Waals surface area (Å²) in [6.45, 7) is 6.47. The molecule has 2 heterocycles. The predicted molar refractivity (Wildman–Crippen MR) is 72.7 cm³/mol. The van der Waals surface area contributed by atoms with Crippen molar-refractivity contribution in [2.45, 2.75) is 19.8 Å². The first-order valence-corrected chi connectivity index (χ1v) is 6.51. The minimum absolute atomic E-state index is 0.991. The van der Waals surface area contributed by atoms with Crippen LogP contribution in [0.3, 0.4) is 0 Å². The second kappa shape index (κ2) is 5.92. The van der Waals surface area contributed by atoms with Crippen molar-refractivity contribution in [1.82, 2.24) is 15.5 Å². The van der Waals surface area contributed by atoms with Crippen molar-refractivity contribution >= 4 is 0 Å². The number of nitrogens with zero attached hydrogens (tertiary/aromatic N) is 1. The third-order valence-electron chi connectivity index (χ3n) is 3.22. The van der Waals surface area contributed by atoms with Gasteiger partial charge in [0.2, 0.25) is 0 Å². The van der Waals surface area contributed by atoms with Crippen molar-refractivity contribution in [2.24, 2.45) is 0 Å². The van der Waals surface area contributed by atoms with Gasteiger partial charge in [0, 0.05) is 31.9 Å². The lowest BCUT2D eigenvalue weighted by Gasteiger charge is -2.13. The largest absolute Gasteiger partial charge is 0.387 e. The van der Waals surface area contributed by atoms with Gasteiger partial charge in [-0.05, 0) is 43.3 Å². The molecule has 17 heavy (non-hydrogen) atoms. The van der Waals surface area contributed by atoms with Gasteiger partial charge in [-0.1, -0.05) is 13.0 Å². The van der Waals surface area contributed by atoms with Crippen LogP contribution in [0.2, 0.25) is 0 Å². The Morgan fingerprint density at radius 2 is 2.29 bits per heavy atom. The van der Waals surface area contributed by atoms with Crippen LogP contribution in [0.1, 0.15) is 19.8 Å². The van der Waals surface area contributed by atoms with Crippen LogP contribution >= 0.6 is 0 Å². The quantitative estimate of drug-likeness (QED) is 0.755. The van der Waals surface area contributed by atoms with E-state index in [0.717, 1.165) is 32.6 Å². The zero-order valence-corrected chi connectivity index (χ0v) is 10.9. The normalized spacial score (nSPS) is 20.5. The molecule has 0 saturated heterocycles. The number of likely N-dealkylation sites (N-methyl/N-ethyl adjacent to an activating group) is 1. The van der Waals surface area contributed by atoms with Gasteiger partial charge in [-0.2, -0.15) is 0 Å². The summed E-state index contributed by atoms with van der Waals surface area (Å²) < 4.78 is 0. The van der Waals surface area contributed by atoms with Crippen molar-refractivity contribution in [3.63, 3.8) is 0 Å². The first-order chi connectivity index (χ1) is 8.29. The molecule has 0 fully saturated rings. The Balaban J connectivity index is 2.00. The molecule has 0 aliphatic carbocycles. The van der Waals surface area contributed by atoms with Crippen molar-refractivity contribution in [3.05, 3.63) is 35.2 Å². The highest BCUT2D eigenvalue weighted by atomic mass is 15.1. The van der Waals surface area contributed by atoms with Crippen LogP contribution in [0.4, 0.5) is 0 Å². The van der Waals surface area contributed by atoms with Gasteiger partial charge in [-0.25, -0.2) is 0 Å². The maximum absolute atomic E-state index is 3.57. The van der Waals surface area contributed by atoms with E-state index in [9.17, 15) is 0 Å². The molecule has 0 aromatic carbocycles. The van der Waals surface area contributed by atoms with Gasteiger partial charge in [0.15, 0.2) is 0 Å². The predicted octanol–water partition coefficient (Wildman–Crippen LogP) is 1.62. The Hall–Kier alpha value is -1.22. The van der Waals surface area contributed by atoms with E-state index < -0.39 is 0 Å². The lowest BCUT2D eigenvalue weighted by atomic mass is 10.0. The van der Waals surface area contributed by atoms with Crippen molar-refractivity contribution in [3.8, 4) is 0 Å². The number of hydrogen-bond acceptors (Lipinski definition) is 3. The van der Waals surface area contributed by atoms with Crippen LogP contribution in [-0.2, 0) is 0 Å². The number of dihydropyridines is 1. The molecule has 3 nitrogen and oxygen atoms in total. The van der Waals surface area contributed by atoms with Crippen LogP contribution in [0.25, 0.3) is 0 Å². The maximum atomic E-state index is 3.57. The fraction of sp³-hybridized carbons (Fsp3) is 0.571. The molecule has 94 valence electrons. The minimum atomic E-state index is 0.991. The smallest absolute Gasteiger partial charge is 0.0382 e. The molecule has 0 amide bonds. The Morgan fingerprint density at radius 3 is 3.00 bits per heavy atom. The Bertz CT molecular complexity index is 352. The van der Waals surface area contributed by atoms with E-state index in [1.807, 2.05) is 6.20 Å². The molecule has 0 aromatic rings. The summed E-state index contributed by atoms with van der Waals surface area (Å²) in [5.74, 6) is 0. The fourth-order valence-corrected chi connectivity index (χ4v) is 2.37. The van der Waals surface area contributed by atoms with Crippen LogP contribution < -0.4 is 10.6 Å². The van der Waals surface area contributed by atoms with Gasteiger partial charge in [0.25, 0.3) is 0 Å². The average Bonchev–Trinajstić information content (AvgIpc) is 2.68. The molecule has 0 radical (unpaired) electrons. The van der Waals surface area contributed by atoms with Crippen molar-refractivity contribution in [2.75, 3.05) is 33.2 Å². The van der Waals surface area contributed by atoms with Crippen LogP contribution in [0.5, 0.6) is 0 Å². The molecular weight excluding hydrogens is 210 g/mol. The van der Waals surface area contributed by atoms with Gasteiger partial charge in [0.1, 0.15) is 0 Å². The molecule has 2 aliphatic heterocycles. The van der Waals surface area contributed by atoms with Crippen molar-refractivity contribution < 1.29 is 0 Å². The maximum Gasteiger partial charge on any atom is 0.0382 e. The second-order valence-corrected chi connectivity index (χ2v) is 4.92. The number of rotatable bonds is 5. The Kier molecular flexibility index (Phi) is 4.26. The molecular formula is C14H23N3. The van der Waals surface area contributed by atoms with E-state index in [1.54, 1.807) is 5.57 Å². The number of allylic oxidation sites excluding steroid dienone is 2. The van der Waals surface area contributed by atoms with E-state index in [-0.39, 0.29) is 0 Å². The highest BCUT2D eigenvalue weighted by Crippen LogP contribution is 2.21. The van der Waals surface area contributed by atoms with E-state index in [0.29, 0.717) is 0 Å². The fourth-order valence-electron chi connectivity index (χ4n) is 2.37. The SMILES string of the molecule is CCCNC1=C(CC2=CC=CNC2)CN(C)C1. The van der Waals surface area contributed by atoms with Crippen molar-refractivity contribution in [1.29, 1.82) is 0 Å². The molecule has 0 saturated carbocycles. The summed E-state index contributed by atoms with van der Waals surface area (Å²) in [4.78, 5) is 2.37. The molecule has 0 atom stereocenters. The third-order valence-corrected chi connectivity index (χ3v) is 3.22. The molecule has 2 N–H and O–H groups in total.